The first-order valence-electron chi connectivity index (χ1n) is 7.48. The second kappa shape index (κ2) is 6.50. The van der Waals surface area contributed by atoms with Gasteiger partial charge in [0.1, 0.15) is 5.82 Å². The van der Waals surface area contributed by atoms with E-state index in [9.17, 15) is 4.79 Å². The smallest absolute Gasteiger partial charge is 0.255 e. The number of rotatable bonds is 3. The van der Waals surface area contributed by atoms with Gasteiger partial charge < -0.3 is 9.88 Å². The van der Waals surface area contributed by atoms with Gasteiger partial charge in [-0.15, -0.1) is 0 Å². The normalized spacial score (nSPS) is 19.4. The minimum absolute atomic E-state index is 0.0158. The number of piperazine rings is 1. The number of hydrogen-bond donors (Lipinski definition) is 1. The highest BCUT2D eigenvalue weighted by Gasteiger charge is 2.32. The summed E-state index contributed by atoms with van der Waals surface area (Å²) in [5.74, 6) is 0.886. The van der Waals surface area contributed by atoms with Gasteiger partial charge in [-0.1, -0.05) is 30.7 Å². The van der Waals surface area contributed by atoms with Crippen LogP contribution in [0.5, 0.6) is 0 Å². The molecule has 0 unspecified atom stereocenters. The third-order valence-corrected chi connectivity index (χ3v) is 4.45. The molecule has 1 amide bonds. The average Bonchev–Trinajstić information content (AvgIpc) is 3.08. The van der Waals surface area contributed by atoms with Gasteiger partial charge in [-0.05, 0) is 18.7 Å². The Morgan fingerprint density at radius 2 is 2.23 bits per heavy atom. The lowest BCUT2D eigenvalue weighted by molar-refractivity contribution is 0.0480. The molecular formula is C16H19ClN4O. The van der Waals surface area contributed by atoms with E-state index < -0.39 is 0 Å². The van der Waals surface area contributed by atoms with Crippen molar-refractivity contribution in [1.82, 2.24) is 19.8 Å². The molecule has 6 heteroatoms. The van der Waals surface area contributed by atoms with Crippen molar-refractivity contribution >= 4 is 17.5 Å². The molecule has 0 radical (unpaired) electrons. The van der Waals surface area contributed by atoms with Crippen LogP contribution in [-0.2, 0) is 0 Å². The maximum absolute atomic E-state index is 12.7. The van der Waals surface area contributed by atoms with E-state index in [1.807, 2.05) is 23.2 Å². The van der Waals surface area contributed by atoms with E-state index in [-0.39, 0.29) is 11.9 Å². The van der Waals surface area contributed by atoms with Crippen LogP contribution < -0.4 is 0 Å². The van der Waals surface area contributed by atoms with Gasteiger partial charge in [0.25, 0.3) is 5.91 Å². The molecule has 0 saturated carbocycles. The molecule has 1 aromatic heterocycles. The van der Waals surface area contributed by atoms with Crippen LogP contribution in [0.2, 0.25) is 5.02 Å². The summed E-state index contributed by atoms with van der Waals surface area (Å²) in [5, 5.41) is 0.500. The first kappa shape index (κ1) is 15.1. The van der Waals surface area contributed by atoms with Crippen molar-refractivity contribution in [3.8, 4) is 0 Å². The number of H-pyrrole nitrogens is 1. The summed E-state index contributed by atoms with van der Waals surface area (Å²) in [6.45, 7) is 5.21. The van der Waals surface area contributed by atoms with E-state index >= 15 is 0 Å². The molecule has 0 aliphatic carbocycles. The lowest BCUT2D eigenvalue weighted by atomic mass is 10.1. The SMILES string of the molecule is CCN1CCN(C(=O)c2ccccc2Cl)C[C@H]1c1ncc[nH]1. The van der Waals surface area contributed by atoms with Gasteiger partial charge in [0.05, 0.1) is 16.6 Å². The van der Waals surface area contributed by atoms with Crippen LogP contribution in [0.4, 0.5) is 0 Å². The number of carbonyl (C=O) groups is 1. The van der Waals surface area contributed by atoms with Crippen molar-refractivity contribution in [3.05, 3.63) is 53.1 Å². The molecule has 0 spiro atoms. The number of amides is 1. The molecule has 2 aromatic rings. The fourth-order valence-electron chi connectivity index (χ4n) is 2.91. The Balaban J connectivity index is 1.81. The van der Waals surface area contributed by atoms with Crippen LogP contribution in [0.3, 0.4) is 0 Å². The highest BCUT2D eigenvalue weighted by Crippen LogP contribution is 2.25. The monoisotopic (exact) mass is 318 g/mol. The summed E-state index contributed by atoms with van der Waals surface area (Å²) >= 11 is 6.15. The van der Waals surface area contributed by atoms with Crippen molar-refractivity contribution in [2.24, 2.45) is 0 Å². The molecule has 1 N–H and O–H groups in total. The summed E-state index contributed by atoms with van der Waals surface area (Å²) in [6, 6.07) is 7.30. The minimum Gasteiger partial charge on any atom is -0.347 e. The largest absolute Gasteiger partial charge is 0.347 e. The number of likely N-dealkylation sites (N-methyl/N-ethyl adjacent to an activating group) is 1. The molecular weight excluding hydrogens is 300 g/mol. The summed E-state index contributed by atoms with van der Waals surface area (Å²) in [4.78, 5) is 24.4. The molecule has 0 bridgehead atoms. The van der Waals surface area contributed by atoms with Crippen molar-refractivity contribution in [3.63, 3.8) is 0 Å². The first-order chi connectivity index (χ1) is 10.7. The average molecular weight is 319 g/mol. The van der Waals surface area contributed by atoms with Crippen molar-refractivity contribution in [2.45, 2.75) is 13.0 Å². The van der Waals surface area contributed by atoms with Gasteiger partial charge >= 0.3 is 0 Å². The second-order valence-electron chi connectivity index (χ2n) is 5.35. The van der Waals surface area contributed by atoms with Gasteiger partial charge in [-0.25, -0.2) is 4.98 Å². The third-order valence-electron chi connectivity index (χ3n) is 4.12. The molecule has 1 aromatic carbocycles. The fraction of sp³-hybridized carbons (Fsp3) is 0.375. The maximum Gasteiger partial charge on any atom is 0.255 e. The quantitative estimate of drug-likeness (QED) is 0.946. The lowest BCUT2D eigenvalue weighted by Gasteiger charge is -2.40. The zero-order chi connectivity index (χ0) is 15.5. The molecule has 1 aliphatic rings. The number of carbonyl (C=O) groups excluding carboxylic acids is 1. The van der Waals surface area contributed by atoms with Crippen molar-refractivity contribution < 1.29 is 4.79 Å². The molecule has 1 aliphatic heterocycles. The zero-order valence-electron chi connectivity index (χ0n) is 12.5. The fourth-order valence-corrected chi connectivity index (χ4v) is 3.12. The van der Waals surface area contributed by atoms with Gasteiger partial charge in [-0.2, -0.15) is 0 Å². The number of aromatic nitrogens is 2. The molecule has 1 atom stereocenters. The Morgan fingerprint density at radius 1 is 1.41 bits per heavy atom. The molecule has 3 rings (SSSR count). The van der Waals surface area contributed by atoms with E-state index in [1.54, 1.807) is 18.3 Å². The van der Waals surface area contributed by atoms with Crippen LogP contribution in [0.15, 0.2) is 36.7 Å². The Labute approximate surface area is 134 Å². The topological polar surface area (TPSA) is 52.2 Å². The van der Waals surface area contributed by atoms with Gasteiger partial charge in [0.2, 0.25) is 0 Å². The number of aromatic amines is 1. The van der Waals surface area contributed by atoms with E-state index in [2.05, 4.69) is 21.8 Å². The van der Waals surface area contributed by atoms with Crippen molar-refractivity contribution in [1.29, 1.82) is 0 Å². The number of halogens is 1. The van der Waals surface area contributed by atoms with Gasteiger partial charge in [0.15, 0.2) is 0 Å². The second-order valence-corrected chi connectivity index (χ2v) is 5.76. The minimum atomic E-state index is -0.0158. The number of hydrogen-bond acceptors (Lipinski definition) is 3. The van der Waals surface area contributed by atoms with Crippen LogP contribution in [0.25, 0.3) is 0 Å². The van der Waals surface area contributed by atoms with Gasteiger partial charge in [0, 0.05) is 32.0 Å². The third kappa shape index (κ3) is 2.87. The van der Waals surface area contributed by atoms with Crippen LogP contribution in [0.1, 0.15) is 29.1 Å². The molecule has 1 fully saturated rings. The summed E-state index contributed by atoms with van der Waals surface area (Å²) in [6.07, 6.45) is 3.57. The van der Waals surface area contributed by atoms with Crippen LogP contribution in [0, 0.1) is 0 Å². The number of benzene rings is 1. The molecule has 22 heavy (non-hydrogen) atoms. The van der Waals surface area contributed by atoms with Crippen LogP contribution in [-0.4, -0.2) is 51.9 Å². The van der Waals surface area contributed by atoms with E-state index in [4.69, 9.17) is 11.6 Å². The Hall–Kier alpha value is -1.85. The number of nitrogens with zero attached hydrogens (tertiary/aromatic N) is 3. The lowest BCUT2D eigenvalue weighted by Crippen LogP contribution is -2.50. The molecule has 2 heterocycles. The first-order valence-corrected chi connectivity index (χ1v) is 7.85. The predicted octanol–water partition coefficient (Wildman–Crippen LogP) is 2.58. The van der Waals surface area contributed by atoms with E-state index in [0.29, 0.717) is 23.7 Å². The number of imidazole rings is 1. The Kier molecular flexibility index (Phi) is 4.45. The standard InChI is InChI=1S/C16H19ClN4O/c1-2-20-9-10-21(11-14(20)15-18-7-8-19-15)16(22)12-5-3-4-6-13(12)17/h3-8,14H,2,9-11H2,1H3,(H,18,19)/t14-/m0/s1. The highest BCUT2D eigenvalue weighted by molar-refractivity contribution is 6.33. The van der Waals surface area contributed by atoms with E-state index in [1.165, 1.54) is 0 Å². The van der Waals surface area contributed by atoms with Gasteiger partial charge in [-0.3, -0.25) is 9.69 Å². The Morgan fingerprint density at radius 3 is 2.91 bits per heavy atom. The Bertz CT molecular complexity index is 643. The summed E-state index contributed by atoms with van der Waals surface area (Å²) < 4.78 is 0. The highest BCUT2D eigenvalue weighted by atomic mass is 35.5. The predicted molar refractivity (Wildman–Crippen MR) is 85.9 cm³/mol. The molecule has 116 valence electrons. The molecule has 1 saturated heterocycles. The van der Waals surface area contributed by atoms with Crippen LogP contribution >= 0.6 is 11.6 Å². The van der Waals surface area contributed by atoms with E-state index in [0.717, 1.165) is 18.9 Å². The summed E-state index contributed by atoms with van der Waals surface area (Å²) in [5.41, 5.74) is 0.562. The van der Waals surface area contributed by atoms with Crippen molar-refractivity contribution in [2.75, 3.05) is 26.2 Å². The maximum atomic E-state index is 12.7. The summed E-state index contributed by atoms with van der Waals surface area (Å²) in [7, 11) is 0. The molecule has 5 nitrogen and oxygen atoms in total. The number of nitrogens with one attached hydrogen (secondary N) is 1. The zero-order valence-corrected chi connectivity index (χ0v) is 13.3.